The molecule has 1 N–H and O–H groups in total. The molecule has 114 valence electrons. The minimum absolute atomic E-state index is 0.228. The number of thioether (sulfide) groups is 1. The van der Waals surface area contributed by atoms with Crippen LogP contribution in [0, 0.1) is 5.92 Å². The van der Waals surface area contributed by atoms with Crippen LogP contribution < -0.4 is 5.32 Å². The van der Waals surface area contributed by atoms with Gasteiger partial charge in [-0.25, -0.2) is 0 Å². The summed E-state index contributed by atoms with van der Waals surface area (Å²) in [4.78, 5) is 28.1. The van der Waals surface area contributed by atoms with E-state index in [4.69, 9.17) is 0 Å². The minimum atomic E-state index is 0.228. The summed E-state index contributed by atoms with van der Waals surface area (Å²) in [5.41, 5.74) is 0.971. The van der Waals surface area contributed by atoms with Crippen molar-refractivity contribution in [3.05, 3.63) is 11.6 Å². The molecule has 0 bridgehead atoms. The van der Waals surface area contributed by atoms with Crippen LogP contribution in [0.25, 0.3) is 0 Å². The second-order valence-electron chi connectivity index (χ2n) is 6.39. The van der Waals surface area contributed by atoms with E-state index in [1.807, 2.05) is 21.6 Å². The maximum absolute atomic E-state index is 12.5. The van der Waals surface area contributed by atoms with Crippen LogP contribution >= 0.6 is 11.8 Å². The van der Waals surface area contributed by atoms with Crippen LogP contribution in [-0.2, 0) is 9.59 Å². The van der Waals surface area contributed by atoms with E-state index in [2.05, 4.69) is 11.4 Å². The van der Waals surface area contributed by atoms with Crippen molar-refractivity contribution < 1.29 is 9.59 Å². The normalized spacial score (nSPS) is 38.1. The lowest BCUT2D eigenvalue weighted by Gasteiger charge is -2.45. The van der Waals surface area contributed by atoms with Gasteiger partial charge in [-0.1, -0.05) is 6.08 Å². The molecule has 4 aliphatic heterocycles. The van der Waals surface area contributed by atoms with E-state index in [9.17, 15) is 9.59 Å². The van der Waals surface area contributed by atoms with Gasteiger partial charge in [0, 0.05) is 42.9 Å². The number of β-lactam (4-membered cyclic amide) rings is 1. The molecule has 4 aliphatic rings. The third-order valence-corrected chi connectivity index (χ3v) is 6.45. The van der Waals surface area contributed by atoms with Gasteiger partial charge in [0.1, 0.15) is 0 Å². The Bertz CT molecular complexity index is 501. The van der Waals surface area contributed by atoms with Gasteiger partial charge in [0.15, 0.2) is 0 Å². The third-order valence-electron chi connectivity index (χ3n) is 5.02. The van der Waals surface area contributed by atoms with Gasteiger partial charge in [-0.2, -0.15) is 0 Å². The fourth-order valence-electron chi connectivity index (χ4n) is 3.76. The number of nitrogens with zero attached hydrogens (tertiary/aromatic N) is 2. The number of carbonyl (C=O) groups is 2. The van der Waals surface area contributed by atoms with Crippen molar-refractivity contribution in [3.63, 3.8) is 0 Å². The van der Waals surface area contributed by atoms with E-state index >= 15 is 0 Å². The fraction of sp³-hybridized carbons (Fsp3) is 0.733. The summed E-state index contributed by atoms with van der Waals surface area (Å²) in [6.45, 7) is 3.62. The molecule has 4 fully saturated rings. The minimum Gasteiger partial charge on any atom is -0.334 e. The van der Waals surface area contributed by atoms with E-state index in [-0.39, 0.29) is 11.8 Å². The number of rotatable bonds is 2. The van der Waals surface area contributed by atoms with Gasteiger partial charge < -0.3 is 15.1 Å². The molecule has 4 rings (SSSR count). The predicted molar refractivity (Wildman–Crippen MR) is 81.8 cm³/mol. The van der Waals surface area contributed by atoms with E-state index in [1.54, 1.807) is 0 Å². The second-order valence-corrected chi connectivity index (χ2v) is 7.60. The van der Waals surface area contributed by atoms with Crippen molar-refractivity contribution in [3.8, 4) is 0 Å². The first kappa shape index (κ1) is 13.6. The molecule has 0 radical (unpaired) electrons. The van der Waals surface area contributed by atoms with E-state index in [1.165, 1.54) is 0 Å². The molecule has 21 heavy (non-hydrogen) atoms. The van der Waals surface area contributed by atoms with Crippen LogP contribution in [0.2, 0.25) is 0 Å². The molecule has 4 heterocycles. The summed E-state index contributed by atoms with van der Waals surface area (Å²) in [6, 6.07) is 0.380. The summed E-state index contributed by atoms with van der Waals surface area (Å²) >= 11 is 1.86. The molecule has 2 amide bonds. The van der Waals surface area contributed by atoms with E-state index in [0.29, 0.717) is 23.8 Å². The first-order valence-corrected chi connectivity index (χ1v) is 8.90. The molecule has 0 saturated carbocycles. The molecule has 0 aliphatic carbocycles. The monoisotopic (exact) mass is 307 g/mol. The second kappa shape index (κ2) is 5.32. The van der Waals surface area contributed by atoms with Gasteiger partial charge in [-0.15, -0.1) is 11.8 Å². The Balaban J connectivity index is 1.42. The first-order chi connectivity index (χ1) is 10.2. The summed E-state index contributed by atoms with van der Waals surface area (Å²) in [7, 11) is 0. The van der Waals surface area contributed by atoms with Crippen LogP contribution in [0.15, 0.2) is 11.6 Å². The average Bonchev–Trinajstić information content (AvgIpc) is 3.10. The van der Waals surface area contributed by atoms with E-state index < -0.39 is 0 Å². The standard InChI is InChI=1S/C15H21N3O2S/c19-13-6-14-18(13)8-10(9-21-14)5-11-2-4-17(15(11)20)12-1-3-16-7-12/h5,10,12,14,16H,1-4,6-9H2/t10?,12?,14-/m1/s1. The topological polar surface area (TPSA) is 52.7 Å². The molecule has 5 nitrogen and oxygen atoms in total. The average molecular weight is 307 g/mol. The number of amides is 2. The van der Waals surface area contributed by atoms with Crippen molar-refractivity contribution in [1.29, 1.82) is 0 Å². The number of fused-ring (bicyclic) bond motifs is 1. The molecule has 6 heteroatoms. The highest BCUT2D eigenvalue weighted by molar-refractivity contribution is 8.00. The van der Waals surface area contributed by atoms with Gasteiger partial charge in [0.05, 0.1) is 11.8 Å². The molecule has 4 saturated heterocycles. The van der Waals surface area contributed by atoms with Crippen molar-refractivity contribution in [2.75, 3.05) is 31.9 Å². The van der Waals surface area contributed by atoms with Gasteiger partial charge >= 0.3 is 0 Å². The fourth-order valence-corrected chi connectivity index (χ4v) is 5.08. The van der Waals surface area contributed by atoms with Crippen LogP contribution in [-0.4, -0.2) is 65.0 Å². The zero-order chi connectivity index (χ0) is 14.4. The highest BCUT2D eigenvalue weighted by Crippen LogP contribution is 2.37. The predicted octanol–water partition coefficient (Wildman–Crippen LogP) is 0.428. The van der Waals surface area contributed by atoms with Crippen LogP contribution in [0.1, 0.15) is 19.3 Å². The van der Waals surface area contributed by atoms with Gasteiger partial charge in [-0.3, -0.25) is 9.59 Å². The Morgan fingerprint density at radius 3 is 2.95 bits per heavy atom. The Morgan fingerprint density at radius 2 is 2.19 bits per heavy atom. The number of carbonyl (C=O) groups excluding carboxylic acids is 2. The summed E-state index contributed by atoms with van der Waals surface area (Å²) in [6.07, 6.45) is 4.80. The molecule has 0 spiro atoms. The number of hydrogen-bond acceptors (Lipinski definition) is 4. The van der Waals surface area contributed by atoms with Gasteiger partial charge in [0.25, 0.3) is 0 Å². The molecule has 3 atom stereocenters. The largest absolute Gasteiger partial charge is 0.334 e. The van der Waals surface area contributed by atoms with Crippen molar-refractivity contribution in [1.82, 2.24) is 15.1 Å². The Hall–Kier alpha value is -1.01. The maximum atomic E-state index is 12.5. The van der Waals surface area contributed by atoms with Crippen LogP contribution in [0.3, 0.4) is 0 Å². The number of likely N-dealkylation sites (tertiary alicyclic amines) is 1. The van der Waals surface area contributed by atoms with Crippen molar-refractivity contribution in [2.45, 2.75) is 30.7 Å². The Morgan fingerprint density at radius 1 is 1.29 bits per heavy atom. The highest BCUT2D eigenvalue weighted by atomic mass is 32.2. The first-order valence-electron chi connectivity index (χ1n) is 7.86. The third kappa shape index (κ3) is 2.38. The lowest BCUT2D eigenvalue weighted by atomic mass is 10.0. The maximum Gasteiger partial charge on any atom is 0.249 e. The summed E-state index contributed by atoms with van der Waals surface area (Å²) < 4.78 is 0. The van der Waals surface area contributed by atoms with E-state index in [0.717, 1.165) is 50.3 Å². The zero-order valence-electron chi connectivity index (χ0n) is 12.1. The molecule has 0 aromatic rings. The Labute approximate surface area is 129 Å². The molecular formula is C15H21N3O2S. The van der Waals surface area contributed by atoms with Gasteiger partial charge in [0.2, 0.25) is 11.8 Å². The zero-order valence-corrected chi connectivity index (χ0v) is 12.9. The summed E-state index contributed by atoms with van der Waals surface area (Å²) in [5.74, 6) is 1.88. The van der Waals surface area contributed by atoms with Crippen molar-refractivity contribution in [2.24, 2.45) is 5.92 Å². The van der Waals surface area contributed by atoms with Crippen molar-refractivity contribution >= 4 is 23.6 Å². The SMILES string of the molecule is O=C1C(=CC2CS[C@@H]3CC(=O)N3C2)CCN1C1CCNC1. The number of hydrogen-bond donors (Lipinski definition) is 1. The quantitative estimate of drug-likeness (QED) is 0.594. The summed E-state index contributed by atoms with van der Waals surface area (Å²) in [5, 5.41) is 3.74. The van der Waals surface area contributed by atoms with Crippen LogP contribution in [0.5, 0.6) is 0 Å². The van der Waals surface area contributed by atoms with Gasteiger partial charge in [-0.05, 0) is 19.4 Å². The molecule has 0 aromatic carbocycles. The molecular weight excluding hydrogens is 286 g/mol. The number of nitrogens with one attached hydrogen (secondary N) is 1. The molecule has 2 unspecified atom stereocenters. The smallest absolute Gasteiger partial charge is 0.249 e. The van der Waals surface area contributed by atoms with Crippen LogP contribution in [0.4, 0.5) is 0 Å². The lowest BCUT2D eigenvalue weighted by Crippen LogP contribution is -2.55. The Kier molecular flexibility index (Phi) is 3.46. The highest BCUT2D eigenvalue weighted by Gasteiger charge is 2.41. The molecule has 0 aromatic heterocycles. The lowest BCUT2D eigenvalue weighted by molar-refractivity contribution is -0.142.